The zero-order valence-electron chi connectivity index (χ0n) is 15.4. The van der Waals surface area contributed by atoms with E-state index in [1.54, 1.807) is 24.3 Å². The van der Waals surface area contributed by atoms with Gasteiger partial charge in [0.05, 0.1) is 9.95 Å². The average Bonchev–Trinajstić information content (AvgIpc) is 3.22. The third-order valence-electron chi connectivity index (χ3n) is 4.18. The molecule has 0 atom stereocenters. The number of non-ortho nitro benzene ring substituents is 1. The third-order valence-corrected chi connectivity index (χ3v) is 4.48. The molecule has 0 unspecified atom stereocenters. The van der Waals surface area contributed by atoms with Crippen LogP contribution in [0, 0.1) is 10.1 Å². The Morgan fingerprint density at radius 2 is 1.90 bits per heavy atom. The number of benzene rings is 2. The molecule has 1 aliphatic heterocycles. The Bertz CT molecular complexity index is 1110. The predicted molar refractivity (Wildman–Crippen MR) is 107 cm³/mol. The van der Waals surface area contributed by atoms with Crippen molar-refractivity contribution in [2.45, 2.75) is 6.61 Å². The third kappa shape index (κ3) is 4.31. The lowest BCUT2D eigenvalue weighted by molar-refractivity contribution is -0.384. The van der Waals surface area contributed by atoms with Crippen LogP contribution in [0.2, 0.25) is 5.02 Å². The molecular weight excluding hydrogens is 416 g/mol. The number of furan rings is 1. The number of hydrogen-bond donors (Lipinski definition) is 1. The minimum absolute atomic E-state index is 0.00512. The van der Waals surface area contributed by atoms with E-state index in [1.165, 1.54) is 24.3 Å². The number of halogens is 1. The number of fused-ring (bicyclic) bond motifs is 1. The first-order chi connectivity index (χ1) is 14.5. The molecule has 1 N–H and O–H groups in total. The van der Waals surface area contributed by atoms with E-state index in [0.717, 1.165) is 0 Å². The van der Waals surface area contributed by atoms with Crippen molar-refractivity contribution in [2.24, 2.45) is 0 Å². The van der Waals surface area contributed by atoms with Gasteiger partial charge in [0.15, 0.2) is 17.3 Å². The van der Waals surface area contributed by atoms with Gasteiger partial charge in [-0.2, -0.15) is 0 Å². The Hall–Kier alpha value is -3.72. The van der Waals surface area contributed by atoms with Crippen LogP contribution in [-0.2, 0) is 6.61 Å². The van der Waals surface area contributed by atoms with Gasteiger partial charge in [-0.1, -0.05) is 11.6 Å². The lowest BCUT2D eigenvalue weighted by atomic mass is 10.2. The lowest BCUT2D eigenvalue weighted by Crippen LogP contribution is -2.16. The molecule has 154 valence electrons. The van der Waals surface area contributed by atoms with Crippen molar-refractivity contribution >= 4 is 28.9 Å². The van der Waals surface area contributed by atoms with E-state index in [-0.39, 0.29) is 28.8 Å². The minimum atomic E-state index is -0.547. The van der Waals surface area contributed by atoms with Gasteiger partial charge in [-0.15, -0.1) is 0 Å². The van der Waals surface area contributed by atoms with Gasteiger partial charge >= 0.3 is 0 Å². The number of anilines is 1. The first-order valence-corrected chi connectivity index (χ1v) is 9.24. The van der Waals surface area contributed by atoms with Gasteiger partial charge in [-0.05, 0) is 30.3 Å². The van der Waals surface area contributed by atoms with Crippen LogP contribution in [0.1, 0.15) is 16.3 Å². The SMILES string of the molecule is O=C(Nc1ccc2c(c1)OCCO2)c1ccc(COc2ccc([N+](=O)[O-])cc2Cl)o1. The maximum atomic E-state index is 12.4. The predicted octanol–water partition coefficient (Wildman–Crippen LogP) is 4.44. The van der Waals surface area contributed by atoms with Crippen LogP contribution in [0.4, 0.5) is 11.4 Å². The van der Waals surface area contributed by atoms with Gasteiger partial charge in [0, 0.05) is 23.9 Å². The molecule has 3 aromatic rings. The Morgan fingerprint density at radius 3 is 2.67 bits per heavy atom. The molecule has 0 radical (unpaired) electrons. The van der Waals surface area contributed by atoms with Crippen molar-refractivity contribution in [1.82, 2.24) is 0 Å². The summed E-state index contributed by atoms with van der Waals surface area (Å²) >= 11 is 5.99. The number of carbonyl (C=O) groups is 1. The number of nitro groups is 1. The molecule has 1 aliphatic rings. The fraction of sp³-hybridized carbons (Fsp3) is 0.150. The minimum Gasteiger partial charge on any atom is -0.486 e. The summed E-state index contributed by atoms with van der Waals surface area (Å²) in [6.07, 6.45) is 0. The Balaban J connectivity index is 1.38. The fourth-order valence-corrected chi connectivity index (χ4v) is 2.99. The molecule has 0 bridgehead atoms. The monoisotopic (exact) mass is 430 g/mol. The van der Waals surface area contributed by atoms with Crippen LogP contribution in [0.25, 0.3) is 0 Å². The maximum absolute atomic E-state index is 12.4. The number of hydrogen-bond acceptors (Lipinski definition) is 7. The molecule has 0 saturated carbocycles. The maximum Gasteiger partial charge on any atom is 0.291 e. The topological polar surface area (TPSA) is 113 Å². The normalized spacial score (nSPS) is 12.3. The summed E-state index contributed by atoms with van der Waals surface area (Å²) in [4.78, 5) is 22.6. The summed E-state index contributed by atoms with van der Waals surface area (Å²) in [7, 11) is 0. The van der Waals surface area contributed by atoms with Crippen LogP contribution in [0.15, 0.2) is 52.9 Å². The molecule has 2 aromatic carbocycles. The van der Waals surface area contributed by atoms with Gasteiger partial charge in [0.2, 0.25) is 0 Å². The molecule has 0 fully saturated rings. The Kier molecular flexibility index (Phi) is 5.44. The summed E-state index contributed by atoms with van der Waals surface area (Å²) in [5.74, 6) is 1.50. The quantitative estimate of drug-likeness (QED) is 0.454. The standard InChI is InChI=1S/C20H15ClN2O7/c21-15-10-13(23(25)26)2-5-16(15)29-11-14-3-6-18(30-14)20(24)22-12-1-4-17-19(9-12)28-8-7-27-17/h1-6,9-10H,7-8,11H2,(H,22,24). The number of rotatable bonds is 6. The molecule has 9 nitrogen and oxygen atoms in total. The van der Waals surface area contributed by atoms with Crippen molar-refractivity contribution in [2.75, 3.05) is 18.5 Å². The van der Waals surface area contributed by atoms with Gasteiger partial charge in [0.1, 0.15) is 31.3 Å². The fourth-order valence-electron chi connectivity index (χ4n) is 2.76. The highest BCUT2D eigenvalue weighted by Gasteiger charge is 2.16. The smallest absolute Gasteiger partial charge is 0.291 e. The van der Waals surface area contributed by atoms with Gasteiger partial charge in [-0.3, -0.25) is 14.9 Å². The van der Waals surface area contributed by atoms with E-state index in [4.69, 9.17) is 30.2 Å². The highest BCUT2D eigenvalue weighted by Crippen LogP contribution is 2.33. The van der Waals surface area contributed by atoms with E-state index in [1.807, 2.05) is 0 Å². The highest BCUT2D eigenvalue weighted by atomic mass is 35.5. The van der Waals surface area contributed by atoms with Crippen molar-refractivity contribution in [3.63, 3.8) is 0 Å². The Morgan fingerprint density at radius 1 is 1.10 bits per heavy atom. The van der Waals surface area contributed by atoms with Crippen molar-refractivity contribution < 1.29 is 28.3 Å². The van der Waals surface area contributed by atoms with Crippen molar-refractivity contribution in [3.05, 3.63) is 75.2 Å². The molecule has 0 aliphatic carbocycles. The van der Waals surface area contributed by atoms with Crippen LogP contribution in [0.3, 0.4) is 0 Å². The Labute approximate surface area is 175 Å². The summed E-state index contributed by atoms with van der Waals surface area (Å²) in [6.45, 7) is 0.931. The summed E-state index contributed by atoms with van der Waals surface area (Å²) in [6, 6.07) is 12.1. The summed E-state index contributed by atoms with van der Waals surface area (Å²) in [5, 5.41) is 13.6. The second-order valence-corrected chi connectivity index (χ2v) is 6.65. The van der Waals surface area contributed by atoms with Crippen LogP contribution in [-0.4, -0.2) is 24.0 Å². The molecule has 0 spiro atoms. The number of nitro benzene ring substituents is 1. The molecular formula is C20H15ClN2O7. The molecule has 2 heterocycles. The van der Waals surface area contributed by atoms with Gasteiger partial charge < -0.3 is 23.9 Å². The van der Waals surface area contributed by atoms with E-state index in [0.29, 0.717) is 36.2 Å². The van der Waals surface area contributed by atoms with Crippen molar-refractivity contribution in [3.8, 4) is 17.2 Å². The molecule has 1 amide bonds. The van der Waals surface area contributed by atoms with Gasteiger partial charge in [0.25, 0.3) is 11.6 Å². The van der Waals surface area contributed by atoms with E-state index >= 15 is 0 Å². The second kappa shape index (κ2) is 8.34. The molecule has 0 saturated heterocycles. The number of nitrogens with zero attached hydrogens (tertiary/aromatic N) is 1. The van der Waals surface area contributed by atoms with Crippen LogP contribution < -0.4 is 19.5 Å². The van der Waals surface area contributed by atoms with Crippen LogP contribution >= 0.6 is 11.6 Å². The largest absolute Gasteiger partial charge is 0.486 e. The number of ether oxygens (including phenoxy) is 3. The number of nitrogens with one attached hydrogen (secondary N) is 1. The second-order valence-electron chi connectivity index (χ2n) is 6.24. The number of amides is 1. The number of carbonyl (C=O) groups excluding carboxylic acids is 1. The van der Waals surface area contributed by atoms with Gasteiger partial charge in [-0.25, -0.2) is 0 Å². The highest BCUT2D eigenvalue weighted by molar-refractivity contribution is 6.32. The molecule has 30 heavy (non-hydrogen) atoms. The average molecular weight is 431 g/mol. The van der Waals surface area contributed by atoms with E-state index < -0.39 is 10.8 Å². The zero-order valence-corrected chi connectivity index (χ0v) is 16.2. The lowest BCUT2D eigenvalue weighted by Gasteiger charge is -2.18. The van der Waals surface area contributed by atoms with Crippen molar-refractivity contribution in [1.29, 1.82) is 0 Å². The first-order valence-electron chi connectivity index (χ1n) is 8.86. The van der Waals surface area contributed by atoms with E-state index in [2.05, 4.69) is 5.32 Å². The molecule has 10 heteroatoms. The summed E-state index contributed by atoms with van der Waals surface area (Å²) < 4.78 is 22.0. The molecule has 4 rings (SSSR count). The zero-order chi connectivity index (χ0) is 21.1. The van der Waals surface area contributed by atoms with Crippen LogP contribution in [0.5, 0.6) is 17.2 Å². The first kappa shape index (κ1) is 19.6. The van der Waals surface area contributed by atoms with E-state index in [9.17, 15) is 14.9 Å². The molecule has 1 aromatic heterocycles. The summed E-state index contributed by atoms with van der Waals surface area (Å²) in [5.41, 5.74) is 0.402.